The zero-order valence-corrected chi connectivity index (χ0v) is 14.1. The minimum absolute atomic E-state index is 0.00726. The smallest absolute Gasteiger partial charge is 0.276 e. The van der Waals surface area contributed by atoms with E-state index in [1.54, 1.807) is 13.2 Å². The number of ether oxygens (including phenoxy) is 1. The van der Waals surface area contributed by atoms with Gasteiger partial charge in [0.25, 0.3) is 10.0 Å². The molecule has 0 saturated heterocycles. The molecule has 21 heavy (non-hydrogen) atoms. The van der Waals surface area contributed by atoms with Crippen LogP contribution in [0.4, 0.5) is 0 Å². The lowest BCUT2D eigenvalue weighted by Crippen LogP contribution is -2.36. The van der Waals surface area contributed by atoms with Gasteiger partial charge in [-0.3, -0.25) is 0 Å². The molecule has 1 heterocycles. The molecule has 122 valence electrons. The maximum atomic E-state index is 12.6. The Morgan fingerprint density at radius 2 is 2.10 bits per heavy atom. The van der Waals surface area contributed by atoms with Crippen LogP contribution in [0.1, 0.15) is 26.5 Å². The largest absolute Gasteiger partial charge is 0.447 e. The van der Waals surface area contributed by atoms with Gasteiger partial charge in [0.2, 0.25) is 5.09 Å². The van der Waals surface area contributed by atoms with Crippen LogP contribution in [0.5, 0.6) is 0 Å². The van der Waals surface area contributed by atoms with Crippen LogP contribution in [-0.2, 0) is 21.3 Å². The summed E-state index contributed by atoms with van der Waals surface area (Å²) in [7, 11) is -2.06. The summed E-state index contributed by atoms with van der Waals surface area (Å²) in [4.78, 5) is 0. The molecular formula is C14H26N2O4S. The lowest BCUT2D eigenvalue weighted by atomic mass is 10.2. The Bertz CT molecular complexity index is 511. The van der Waals surface area contributed by atoms with E-state index in [2.05, 4.69) is 5.32 Å². The zero-order chi connectivity index (χ0) is 15.9. The normalized spacial score (nSPS) is 12.5. The van der Waals surface area contributed by atoms with Crippen molar-refractivity contribution in [2.75, 3.05) is 33.4 Å². The van der Waals surface area contributed by atoms with Crippen LogP contribution in [0.2, 0.25) is 0 Å². The third-order valence-corrected chi connectivity index (χ3v) is 4.63. The Morgan fingerprint density at radius 1 is 1.38 bits per heavy atom. The number of nitrogens with one attached hydrogen (secondary N) is 1. The van der Waals surface area contributed by atoms with E-state index in [4.69, 9.17) is 9.15 Å². The number of rotatable bonds is 10. The van der Waals surface area contributed by atoms with Gasteiger partial charge in [-0.2, -0.15) is 4.31 Å². The van der Waals surface area contributed by atoms with E-state index < -0.39 is 10.0 Å². The Kier molecular flexibility index (Phi) is 7.37. The van der Waals surface area contributed by atoms with Crippen molar-refractivity contribution in [2.45, 2.75) is 32.4 Å². The first-order valence-electron chi connectivity index (χ1n) is 7.20. The topological polar surface area (TPSA) is 71.8 Å². The summed E-state index contributed by atoms with van der Waals surface area (Å²) in [6, 6.07) is 3.21. The van der Waals surface area contributed by atoms with Gasteiger partial charge < -0.3 is 14.5 Å². The molecule has 1 rings (SSSR count). The second-order valence-corrected chi connectivity index (χ2v) is 7.12. The van der Waals surface area contributed by atoms with E-state index in [1.807, 2.05) is 20.8 Å². The molecule has 0 atom stereocenters. The minimum Gasteiger partial charge on any atom is -0.447 e. The third-order valence-electron chi connectivity index (χ3n) is 2.89. The molecule has 0 aromatic carbocycles. The van der Waals surface area contributed by atoms with Gasteiger partial charge in [-0.15, -0.1) is 0 Å². The van der Waals surface area contributed by atoms with Crippen LogP contribution < -0.4 is 5.32 Å². The van der Waals surface area contributed by atoms with Crippen LogP contribution >= 0.6 is 0 Å². The molecule has 1 aromatic rings. The molecule has 0 saturated carbocycles. The molecule has 0 unspecified atom stereocenters. The van der Waals surface area contributed by atoms with Gasteiger partial charge in [-0.1, -0.05) is 20.8 Å². The first-order valence-corrected chi connectivity index (χ1v) is 8.64. The predicted molar refractivity (Wildman–Crippen MR) is 81.6 cm³/mol. The number of hydrogen-bond donors (Lipinski definition) is 1. The summed E-state index contributed by atoms with van der Waals surface area (Å²) in [6.45, 7) is 8.38. The van der Waals surface area contributed by atoms with Crippen molar-refractivity contribution in [1.29, 1.82) is 0 Å². The van der Waals surface area contributed by atoms with Crippen molar-refractivity contribution >= 4 is 10.0 Å². The molecule has 0 bridgehead atoms. The Balaban J connectivity index is 2.90. The zero-order valence-electron chi connectivity index (χ0n) is 13.3. The highest BCUT2D eigenvalue weighted by Gasteiger charge is 2.28. The summed E-state index contributed by atoms with van der Waals surface area (Å²) >= 11 is 0. The molecule has 0 aliphatic heterocycles. The van der Waals surface area contributed by atoms with E-state index >= 15 is 0 Å². The molecular weight excluding hydrogens is 292 g/mol. The Morgan fingerprint density at radius 3 is 2.67 bits per heavy atom. The highest BCUT2D eigenvalue weighted by molar-refractivity contribution is 7.89. The second kappa shape index (κ2) is 8.53. The predicted octanol–water partition coefficient (Wildman–Crippen LogP) is 1.68. The van der Waals surface area contributed by atoms with Crippen LogP contribution in [-0.4, -0.2) is 46.1 Å². The number of methoxy groups -OCH3 is 1. The maximum absolute atomic E-state index is 12.6. The van der Waals surface area contributed by atoms with E-state index in [-0.39, 0.29) is 11.0 Å². The fourth-order valence-corrected chi connectivity index (χ4v) is 3.39. The molecule has 0 spiro atoms. The van der Waals surface area contributed by atoms with Crippen molar-refractivity contribution in [3.05, 3.63) is 17.9 Å². The van der Waals surface area contributed by atoms with E-state index in [0.29, 0.717) is 32.0 Å². The van der Waals surface area contributed by atoms with Crippen LogP contribution in [0.25, 0.3) is 0 Å². The van der Waals surface area contributed by atoms with Crippen LogP contribution in [0.3, 0.4) is 0 Å². The van der Waals surface area contributed by atoms with Crippen molar-refractivity contribution < 1.29 is 17.6 Å². The van der Waals surface area contributed by atoms with Gasteiger partial charge in [0.1, 0.15) is 5.76 Å². The fraction of sp³-hybridized carbons (Fsp3) is 0.714. The summed E-state index contributed by atoms with van der Waals surface area (Å²) in [5.41, 5.74) is 0. The van der Waals surface area contributed by atoms with Crippen molar-refractivity contribution in [1.82, 2.24) is 9.62 Å². The van der Waals surface area contributed by atoms with Crippen molar-refractivity contribution in [3.8, 4) is 0 Å². The first-order chi connectivity index (χ1) is 9.91. The van der Waals surface area contributed by atoms with Crippen molar-refractivity contribution in [3.63, 3.8) is 0 Å². The average Bonchev–Trinajstić information content (AvgIpc) is 2.90. The van der Waals surface area contributed by atoms with Gasteiger partial charge in [0.15, 0.2) is 0 Å². The lowest BCUT2D eigenvalue weighted by molar-refractivity contribution is 0.174. The number of sulfonamides is 1. The number of nitrogens with zero attached hydrogens (tertiary/aromatic N) is 1. The standard InChI is InChI=1S/C14H26N2O4S/c1-5-15-10-13-6-7-14(20-13)21(17,18)16(8-9-19-4)11-12(2)3/h6-7,12,15H,5,8-11H2,1-4H3. The molecule has 0 aliphatic rings. The molecule has 0 aliphatic carbocycles. The van der Waals surface area contributed by atoms with Crippen LogP contribution in [0, 0.1) is 5.92 Å². The van der Waals surface area contributed by atoms with E-state index in [1.165, 1.54) is 10.4 Å². The second-order valence-electron chi connectivity index (χ2n) is 5.25. The molecule has 0 radical (unpaired) electrons. The number of hydrogen-bond acceptors (Lipinski definition) is 5. The first kappa shape index (κ1) is 18.2. The maximum Gasteiger partial charge on any atom is 0.276 e. The van der Waals surface area contributed by atoms with Gasteiger partial charge in [-0.05, 0) is 24.6 Å². The van der Waals surface area contributed by atoms with Gasteiger partial charge in [0, 0.05) is 20.2 Å². The van der Waals surface area contributed by atoms with Crippen LogP contribution in [0.15, 0.2) is 21.6 Å². The minimum atomic E-state index is -3.61. The Hall–Kier alpha value is -0.890. The molecule has 6 nitrogen and oxygen atoms in total. The fourth-order valence-electron chi connectivity index (χ4n) is 1.88. The molecule has 7 heteroatoms. The highest BCUT2D eigenvalue weighted by atomic mass is 32.2. The summed E-state index contributed by atoms with van der Waals surface area (Å²) in [5.74, 6) is 0.847. The molecule has 1 N–H and O–H groups in total. The van der Waals surface area contributed by atoms with E-state index in [0.717, 1.165) is 6.54 Å². The molecule has 0 amide bonds. The van der Waals surface area contributed by atoms with E-state index in [9.17, 15) is 8.42 Å². The Labute approximate surface area is 127 Å². The molecule has 0 fully saturated rings. The SMILES string of the molecule is CCNCc1ccc(S(=O)(=O)N(CCOC)CC(C)C)o1. The third kappa shape index (κ3) is 5.43. The summed E-state index contributed by atoms with van der Waals surface area (Å²) in [6.07, 6.45) is 0. The van der Waals surface area contributed by atoms with Gasteiger partial charge >= 0.3 is 0 Å². The number of furan rings is 1. The summed E-state index contributed by atoms with van der Waals surface area (Å²) in [5, 5.41) is 3.10. The monoisotopic (exact) mass is 318 g/mol. The highest BCUT2D eigenvalue weighted by Crippen LogP contribution is 2.20. The van der Waals surface area contributed by atoms with Crippen molar-refractivity contribution in [2.24, 2.45) is 5.92 Å². The summed E-state index contributed by atoms with van der Waals surface area (Å²) < 4.78 is 37.1. The van der Waals surface area contributed by atoms with Gasteiger partial charge in [0.05, 0.1) is 13.2 Å². The average molecular weight is 318 g/mol. The van der Waals surface area contributed by atoms with Gasteiger partial charge in [-0.25, -0.2) is 8.42 Å². The quantitative estimate of drug-likeness (QED) is 0.711. The lowest BCUT2D eigenvalue weighted by Gasteiger charge is -2.22. The molecule has 1 aromatic heterocycles.